The van der Waals surface area contributed by atoms with E-state index in [-0.39, 0.29) is 11.5 Å². The zero-order chi connectivity index (χ0) is 26.5. The Morgan fingerprint density at radius 1 is 1.13 bits per heavy atom. The second-order valence-electron chi connectivity index (χ2n) is 11.5. The summed E-state index contributed by atoms with van der Waals surface area (Å²) in [6, 6.07) is 6.28. The van der Waals surface area contributed by atoms with Crippen LogP contribution in [0.15, 0.2) is 36.8 Å². The number of likely N-dealkylation sites (tertiary alicyclic amines) is 1. The van der Waals surface area contributed by atoms with Crippen LogP contribution in [0.4, 0.5) is 10.6 Å². The van der Waals surface area contributed by atoms with Gasteiger partial charge in [-0.05, 0) is 70.6 Å². The number of carbonyl (C=O) groups is 1. The minimum atomic E-state index is -0.465. The molecule has 200 valence electrons. The molecule has 1 N–H and O–H groups in total. The van der Waals surface area contributed by atoms with Gasteiger partial charge < -0.3 is 19.3 Å². The first kappa shape index (κ1) is 24.5. The maximum Gasteiger partial charge on any atom is 0.410 e. The van der Waals surface area contributed by atoms with Crippen molar-refractivity contribution in [1.29, 1.82) is 0 Å². The molecule has 2 saturated heterocycles. The maximum absolute atomic E-state index is 12.5. The molecule has 6 heterocycles. The van der Waals surface area contributed by atoms with Crippen molar-refractivity contribution in [3.8, 4) is 16.9 Å². The summed E-state index contributed by atoms with van der Waals surface area (Å²) in [4.78, 5) is 21.6. The van der Waals surface area contributed by atoms with Gasteiger partial charge in [0.15, 0.2) is 5.65 Å². The maximum atomic E-state index is 12.5. The van der Waals surface area contributed by atoms with Gasteiger partial charge in [-0.2, -0.15) is 5.10 Å². The van der Waals surface area contributed by atoms with Crippen molar-refractivity contribution in [2.45, 2.75) is 52.6 Å². The Labute approximate surface area is 221 Å². The minimum absolute atomic E-state index is 0.201. The van der Waals surface area contributed by atoms with Crippen molar-refractivity contribution >= 4 is 28.5 Å². The zero-order valence-corrected chi connectivity index (χ0v) is 22.5. The first-order chi connectivity index (χ1) is 18.2. The Balaban J connectivity index is 1.19. The quantitative estimate of drug-likeness (QED) is 0.411. The third-order valence-corrected chi connectivity index (χ3v) is 7.71. The zero-order valence-electron chi connectivity index (χ0n) is 22.5. The number of piperidine rings is 1. The highest BCUT2D eigenvalue weighted by atomic mass is 16.6. The number of aromatic amines is 1. The number of amides is 1. The number of ether oxygens (including phenoxy) is 2. The normalized spacial score (nSPS) is 17.6. The molecule has 0 bridgehead atoms. The molecule has 2 aliphatic heterocycles. The predicted molar refractivity (Wildman–Crippen MR) is 146 cm³/mol. The Morgan fingerprint density at radius 2 is 1.92 bits per heavy atom. The van der Waals surface area contributed by atoms with Gasteiger partial charge >= 0.3 is 6.09 Å². The molecule has 4 aromatic heterocycles. The van der Waals surface area contributed by atoms with E-state index in [1.165, 1.54) is 0 Å². The van der Waals surface area contributed by atoms with Gasteiger partial charge in [0.2, 0.25) is 0 Å². The molecule has 0 unspecified atom stereocenters. The molecule has 6 rings (SSSR count). The van der Waals surface area contributed by atoms with Crippen LogP contribution in [0.3, 0.4) is 0 Å². The van der Waals surface area contributed by atoms with Crippen molar-refractivity contribution in [3.63, 3.8) is 0 Å². The summed E-state index contributed by atoms with van der Waals surface area (Å²) in [7, 11) is 0. The summed E-state index contributed by atoms with van der Waals surface area (Å²) in [6.07, 6.45) is 8.54. The van der Waals surface area contributed by atoms with Gasteiger partial charge in [-0.15, -0.1) is 5.10 Å². The van der Waals surface area contributed by atoms with Gasteiger partial charge in [0.1, 0.15) is 17.2 Å². The number of fused-ring (bicyclic) bond motifs is 3. The summed E-state index contributed by atoms with van der Waals surface area (Å²) < 4.78 is 13.2. The highest BCUT2D eigenvalue weighted by Gasteiger charge is 2.42. The van der Waals surface area contributed by atoms with Crippen LogP contribution < -0.4 is 9.64 Å². The summed E-state index contributed by atoms with van der Waals surface area (Å²) >= 11 is 0. The van der Waals surface area contributed by atoms with Gasteiger partial charge in [0, 0.05) is 43.5 Å². The Morgan fingerprint density at radius 3 is 2.63 bits per heavy atom. The highest BCUT2D eigenvalue weighted by molar-refractivity contribution is 6.00. The van der Waals surface area contributed by atoms with Gasteiger partial charge in [-0.3, -0.25) is 5.10 Å². The van der Waals surface area contributed by atoms with E-state index in [0.29, 0.717) is 6.61 Å². The van der Waals surface area contributed by atoms with E-state index in [1.807, 2.05) is 55.6 Å². The largest absolute Gasteiger partial charge is 0.492 e. The first-order valence-electron chi connectivity index (χ1n) is 13.4. The molecule has 10 nitrogen and oxygen atoms in total. The number of carbonyl (C=O) groups excluding carboxylic acids is 1. The summed E-state index contributed by atoms with van der Waals surface area (Å²) in [6.45, 7) is 11.7. The molecule has 0 saturated carbocycles. The standard InChI is InChI=1S/C28H35N7O3/c1-5-37-20-14-21(24-22-16-30-31-25(22)32-35(24)17-20)19-6-7-23(29-15-19)34-13-10-28(18-34)8-11-33(12-9-28)26(36)38-27(2,3)4/h6-7,14-17H,5,8-13,18H2,1-4H3,(H,31,32). The molecule has 38 heavy (non-hydrogen) atoms. The average molecular weight is 518 g/mol. The van der Waals surface area contributed by atoms with Gasteiger partial charge in [-0.25, -0.2) is 14.3 Å². The van der Waals surface area contributed by atoms with E-state index in [0.717, 1.165) is 84.7 Å². The van der Waals surface area contributed by atoms with Crippen LogP contribution >= 0.6 is 0 Å². The lowest BCUT2D eigenvalue weighted by atomic mass is 9.78. The molecule has 1 spiro atoms. The average Bonchev–Trinajstić information content (AvgIpc) is 3.59. The lowest BCUT2D eigenvalue weighted by molar-refractivity contribution is 0.0122. The number of anilines is 1. The van der Waals surface area contributed by atoms with Crippen LogP contribution in [0, 0.1) is 5.41 Å². The molecule has 0 radical (unpaired) electrons. The lowest BCUT2D eigenvalue weighted by Crippen LogP contribution is -2.46. The van der Waals surface area contributed by atoms with E-state index >= 15 is 0 Å². The fraction of sp³-hybridized carbons (Fsp3) is 0.500. The Hall–Kier alpha value is -3.82. The van der Waals surface area contributed by atoms with E-state index < -0.39 is 5.60 Å². The molecular weight excluding hydrogens is 482 g/mol. The van der Waals surface area contributed by atoms with Crippen molar-refractivity contribution in [3.05, 3.63) is 36.8 Å². The Kier molecular flexibility index (Phi) is 5.92. The summed E-state index contributed by atoms with van der Waals surface area (Å²) in [5, 5.41) is 12.7. The minimum Gasteiger partial charge on any atom is -0.492 e. The molecule has 10 heteroatoms. The number of H-pyrrole nitrogens is 1. The number of nitrogens with one attached hydrogen (secondary N) is 1. The van der Waals surface area contributed by atoms with Crippen LogP contribution in [-0.4, -0.2) is 74.2 Å². The molecular formula is C28H35N7O3. The number of aromatic nitrogens is 5. The number of hydrogen-bond donors (Lipinski definition) is 1. The van der Waals surface area contributed by atoms with Crippen molar-refractivity contribution in [1.82, 2.24) is 29.7 Å². The smallest absolute Gasteiger partial charge is 0.410 e. The fourth-order valence-corrected chi connectivity index (χ4v) is 5.77. The van der Waals surface area contributed by atoms with Crippen LogP contribution in [0.1, 0.15) is 47.0 Å². The van der Waals surface area contributed by atoms with Crippen LogP contribution in [0.2, 0.25) is 0 Å². The third kappa shape index (κ3) is 4.52. The molecule has 4 aromatic rings. The van der Waals surface area contributed by atoms with Crippen molar-refractivity contribution in [2.75, 3.05) is 37.7 Å². The molecule has 0 aromatic carbocycles. The van der Waals surface area contributed by atoms with Gasteiger partial charge in [-0.1, -0.05) is 0 Å². The Bertz CT molecular complexity index is 1460. The lowest BCUT2D eigenvalue weighted by Gasteiger charge is -2.39. The van der Waals surface area contributed by atoms with E-state index in [2.05, 4.69) is 32.3 Å². The van der Waals surface area contributed by atoms with Crippen LogP contribution in [-0.2, 0) is 4.74 Å². The molecule has 2 aliphatic rings. The van der Waals surface area contributed by atoms with E-state index in [1.54, 1.807) is 6.20 Å². The highest BCUT2D eigenvalue weighted by Crippen LogP contribution is 2.42. The molecule has 2 fully saturated rings. The van der Waals surface area contributed by atoms with Gasteiger partial charge in [0.25, 0.3) is 0 Å². The summed E-state index contributed by atoms with van der Waals surface area (Å²) in [5.41, 5.74) is 3.48. The monoisotopic (exact) mass is 517 g/mol. The summed E-state index contributed by atoms with van der Waals surface area (Å²) in [5.74, 6) is 1.75. The number of nitrogens with zero attached hydrogens (tertiary/aromatic N) is 6. The van der Waals surface area contributed by atoms with Crippen molar-refractivity contribution < 1.29 is 14.3 Å². The second kappa shape index (κ2) is 9.18. The van der Waals surface area contributed by atoms with Crippen LogP contribution in [0.5, 0.6) is 5.75 Å². The van der Waals surface area contributed by atoms with Gasteiger partial charge in [0.05, 0.1) is 29.9 Å². The topological polar surface area (TPSA) is 101 Å². The fourth-order valence-electron chi connectivity index (χ4n) is 5.77. The SMILES string of the molecule is CCOc1cc(-c2ccc(N3CCC4(CCN(C(=O)OC(C)(C)C)CC4)C3)nc2)c2c3cn[nH]c3nn2c1. The number of pyridine rings is 2. The van der Waals surface area contributed by atoms with E-state index in [9.17, 15) is 4.79 Å². The third-order valence-electron chi connectivity index (χ3n) is 7.71. The molecule has 0 atom stereocenters. The first-order valence-corrected chi connectivity index (χ1v) is 13.4. The predicted octanol–water partition coefficient (Wildman–Crippen LogP) is 4.90. The van der Waals surface area contributed by atoms with Crippen molar-refractivity contribution in [2.24, 2.45) is 5.41 Å². The number of hydrogen-bond acceptors (Lipinski definition) is 7. The molecule has 0 aliphatic carbocycles. The molecule has 1 amide bonds. The second-order valence-corrected chi connectivity index (χ2v) is 11.5. The van der Waals surface area contributed by atoms with E-state index in [4.69, 9.17) is 14.5 Å². The number of rotatable bonds is 4. The van der Waals surface area contributed by atoms with Crippen LogP contribution in [0.25, 0.3) is 27.7 Å².